The predicted molar refractivity (Wildman–Crippen MR) is 175 cm³/mol. The summed E-state index contributed by atoms with van der Waals surface area (Å²) in [5.74, 6) is -2.71. The molecule has 1 heterocycles. The number of carbonyl (C=O) groups excluding carboxylic acids is 4. The van der Waals surface area contributed by atoms with Crippen molar-refractivity contribution in [1.82, 2.24) is 0 Å². The fraction of sp³-hybridized carbons (Fsp3) is 0.886. The van der Waals surface area contributed by atoms with Crippen molar-refractivity contribution in [2.45, 2.75) is 180 Å². The van der Waals surface area contributed by atoms with Gasteiger partial charge in [0.1, 0.15) is 25.4 Å². The van der Waals surface area contributed by atoms with Crippen molar-refractivity contribution < 1.29 is 64.2 Å². The first-order valence-electron chi connectivity index (χ1n) is 18.6. The number of rotatable bonds is 28. The van der Waals surface area contributed by atoms with E-state index in [1.54, 1.807) is 0 Å². The Balaban J connectivity index is 3.49. The molecule has 3 unspecified atom stereocenters. The molecule has 1 saturated heterocycles. The number of aliphatic hydroxyl groups excluding tert-OH is 2. The minimum Gasteiger partial charge on any atom is -0.463 e. The van der Waals surface area contributed by atoms with Crippen LogP contribution in [0.3, 0.4) is 0 Å². The average molecular weight is 692 g/mol. The summed E-state index contributed by atoms with van der Waals surface area (Å²) in [6.07, 6.45) is 0.644. The Morgan fingerprint density at radius 2 is 1.17 bits per heavy atom. The molecule has 7 atom stereocenters. The smallest absolute Gasteiger partial charge is 0.306 e. The van der Waals surface area contributed by atoms with E-state index in [1.165, 1.54) is 0 Å². The van der Waals surface area contributed by atoms with Crippen LogP contribution in [0.15, 0.2) is 0 Å². The van der Waals surface area contributed by atoms with Gasteiger partial charge < -0.3 is 33.9 Å². The Kier molecular flexibility index (Phi) is 24.0. The van der Waals surface area contributed by atoms with E-state index in [0.717, 1.165) is 57.8 Å². The first-order valence-corrected chi connectivity index (χ1v) is 18.0. The zero-order valence-electron chi connectivity index (χ0n) is 30.6. The van der Waals surface area contributed by atoms with Crippen LogP contribution >= 0.6 is 0 Å². The van der Waals surface area contributed by atoms with Gasteiger partial charge in [-0.3, -0.25) is 19.2 Å². The fourth-order valence-electron chi connectivity index (χ4n) is 4.93. The molecule has 13 heteroatoms. The lowest BCUT2D eigenvalue weighted by atomic mass is 9.98. The van der Waals surface area contributed by atoms with Gasteiger partial charge in [-0.25, -0.2) is 9.78 Å². The van der Waals surface area contributed by atoms with Crippen LogP contribution in [0, 0.1) is 0 Å². The highest BCUT2D eigenvalue weighted by molar-refractivity contribution is 5.72. The second-order valence-corrected chi connectivity index (χ2v) is 12.2. The molecule has 0 aromatic carbocycles. The molecular weight excluding hydrogens is 628 g/mol. The second kappa shape index (κ2) is 27.5. The van der Waals surface area contributed by atoms with Gasteiger partial charge in [0.05, 0.1) is 6.61 Å². The third-order valence-corrected chi connectivity index (χ3v) is 7.74. The van der Waals surface area contributed by atoms with Gasteiger partial charge in [0.15, 0.2) is 18.3 Å². The summed E-state index contributed by atoms with van der Waals surface area (Å²) < 4.78 is 37.5. The predicted octanol–water partition coefficient (Wildman–Crippen LogP) is 5.39. The van der Waals surface area contributed by atoms with Gasteiger partial charge in [-0.1, -0.05) is 91.9 Å². The summed E-state index contributed by atoms with van der Waals surface area (Å²) in [6, 6.07) is 0. The maximum absolute atomic E-state index is 13.3. The number of aliphatic hydroxyl groups is 2. The number of esters is 4. The Morgan fingerprint density at radius 3 is 1.73 bits per heavy atom. The van der Waals surface area contributed by atoms with Crippen LogP contribution in [0.2, 0.25) is 0 Å². The summed E-state index contributed by atoms with van der Waals surface area (Å²) in [7, 11) is 0. The summed E-state index contributed by atoms with van der Waals surface area (Å²) in [5.41, 5.74) is 0. The van der Waals surface area contributed by atoms with Crippen molar-refractivity contribution in [2.24, 2.45) is 0 Å². The van der Waals surface area contributed by atoms with Crippen LogP contribution in [-0.4, -0.2) is 90.7 Å². The van der Waals surface area contributed by atoms with Crippen molar-refractivity contribution in [3.8, 4) is 0 Å². The third kappa shape index (κ3) is 19.0. The molecule has 0 saturated carbocycles. The molecule has 48 heavy (non-hydrogen) atoms. The summed E-state index contributed by atoms with van der Waals surface area (Å²) in [6.45, 7) is 6.49. The highest BCUT2D eigenvalue weighted by Crippen LogP contribution is 2.31. The molecule has 0 amide bonds. The van der Waals surface area contributed by atoms with Crippen LogP contribution in [0.4, 0.5) is 0 Å². The SMILES string of the molecule is [2H]C(CCCCCC)C(=O)O[C@@H]1C(OOCC(O)CO)O[C@H](COC(=O)CCCCC)[C@@H](OC(=O)CCCCC)[C@@H]1OC(=O)CCCCC. The molecule has 0 radical (unpaired) electrons. The molecule has 2 N–H and O–H groups in total. The van der Waals surface area contributed by atoms with Crippen molar-refractivity contribution in [3.05, 3.63) is 0 Å². The summed E-state index contributed by atoms with van der Waals surface area (Å²) in [5, 5.41) is 19.0. The van der Waals surface area contributed by atoms with Gasteiger partial charge >= 0.3 is 23.9 Å². The van der Waals surface area contributed by atoms with E-state index in [-0.39, 0.29) is 25.7 Å². The lowest BCUT2D eigenvalue weighted by Gasteiger charge is -2.43. The minimum absolute atomic E-state index is 0.0311. The van der Waals surface area contributed by atoms with Crippen molar-refractivity contribution in [3.63, 3.8) is 0 Å². The number of hydrogen-bond acceptors (Lipinski definition) is 13. The zero-order chi connectivity index (χ0) is 36.4. The molecule has 1 aliphatic rings. The number of hydrogen-bond donors (Lipinski definition) is 2. The number of unbranched alkanes of at least 4 members (excludes halogenated alkanes) is 9. The van der Waals surface area contributed by atoms with Gasteiger partial charge in [-0.05, 0) is 25.7 Å². The van der Waals surface area contributed by atoms with Crippen LogP contribution in [0.1, 0.15) is 145 Å². The van der Waals surface area contributed by atoms with Crippen molar-refractivity contribution in [1.29, 1.82) is 0 Å². The molecule has 13 nitrogen and oxygen atoms in total. The van der Waals surface area contributed by atoms with E-state index >= 15 is 0 Å². The van der Waals surface area contributed by atoms with Crippen LogP contribution in [-0.2, 0) is 52.6 Å². The van der Waals surface area contributed by atoms with Crippen LogP contribution < -0.4 is 0 Å². The van der Waals surface area contributed by atoms with Crippen LogP contribution in [0.5, 0.6) is 0 Å². The molecule has 280 valence electrons. The van der Waals surface area contributed by atoms with E-state index in [1.807, 2.05) is 20.8 Å². The average Bonchev–Trinajstić information content (AvgIpc) is 3.08. The van der Waals surface area contributed by atoms with Gasteiger partial charge in [-0.2, -0.15) is 0 Å². The molecule has 0 spiro atoms. The summed E-state index contributed by atoms with van der Waals surface area (Å²) in [4.78, 5) is 62.6. The maximum atomic E-state index is 13.3. The minimum atomic E-state index is -1.63. The summed E-state index contributed by atoms with van der Waals surface area (Å²) >= 11 is 0. The second-order valence-electron chi connectivity index (χ2n) is 12.2. The number of ether oxygens (including phenoxy) is 5. The Morgan fingerprint density at radius 1 is 0.667 bits per heavy atom. The lowest BCUT2D eigenvalue weighted by Crippen LogP contribution is -2.63. The largest absolute Gasteiger partial charge is 0.463 e. The monoisotopic (exact) mass is 691 g/mol. The first-order chi connectivity index (χ1) is 23.6. The van der Waals surface area contributed by atoms with Gasteiger partial charge in [0.25, 0.3) is 0 Å². The molecule has 0 bridgehead atoms. The van der Waals surface area contributed by atoms with E-state index < -0.39 is 86.9 Å². The van der Waals surface area contributed by atoms with E-state index in [4.69, 9.17) is 34.8 Å². The normalized spacial score (nSPS) is 22.3. The lowest BCUT2D eigenvalue weighted by molar-refractivity contribution is -0.429. The Bertz CT molecular complexity index is 920. The Hall–Kier alpha value is -2.32. The quantitative estimate of drug-likeness (QED) is 0.0352. The standard InChI is InChI=1S/C35H62O13/c1-5-9-13-14-18-22-31(41)47-34-33(46-30(40)21-17-12-8-4)32(45-29(39)20-16-11-7-3)27(25-42-28(38)19-15-10-6-2)44-35(34)48-43-24-26(37)23-36/h26-27,32-37H,5-25H2,1-4H3/t26?,27-,32-,33+,34+,35?/m1/s1/i22D/t22?,26?,27-,32-,33+,34+,35?. The van der Waals surface area contributed by atoms with Gasteiger partial charge in [0.2, 0.25) is 6.29 Å². The zero-order valence-corrected chi connectivity index (χ0v) is 29.6. The van der Waals surface area contributed by atoms with Crippen molar-refractivity contribution in [2.75, 3.05) is 19.8 Å². The van der Waals surface area contributed by atoms with E-state index in [2.05, 4.69) is 6.92 Å². The molecule has 0 aromatic heterocycles. The van der Waals surface area contributed by atoms with Crippen molar-refractivity contribution >= 4 is 23.9 Å². The fourth-order valence-corrected chi connectivity index (χ4v) is 4.93. The molecule has 0 aliphatic carbocycles. The first kappa shape index (κ1) is 41.8. The molecule has 0 aromatic rings. The molecule has 1 aliphatic heterocycles. The highest BCUT2D eigenvalue weighted by atomic mass is 17.2. The topological polar surface area (TPSA) is 173 Å². The van der Waals surface area contributed by atoms with Gasteiger partial charge in [0, 0.05) is 27.0 Å². The molecular formula is C35H62O13. The van der Waals surface area contributed by atoms with Crippen LogP contribution in [0.25, 0.3) is 0 Å². The molecule has 1 rings (SSSR count). The maximum Gasteiger partial charge on any atom is 0.306 e. The van der Waals surface area contributed by atoms with Gasteiger partial charge in [-0.15, -0.1) is 0 Å². The van der Waals surface area contributed by atoms with E-state index in [0.29, 0.717) is 25.7 Å². The Labute approximate surface area is 288 Å². The number of carbonyl (C=O) groups is 4. The molecule has 1 fully saturated rings. The highest BCUT2D eigenvalue weighted by Gasteiger charge is 2.54. The third-order valence-electron chi connectivity index (χ3n) is 7.74. The van der Waals surface area contributed by atoms with E-state index in [9.17, 15) is 29.4 Å².